The van der Waals surface area contributed by atoms with Gasteiger partial charge in [0.15, 0.2) is 5.13 Å². The summed E-state index contributed by atoms with van der Waals surface area (Å²) in [5, 5.41) is 4.89. The Morgan fingerprint density at radius 1 is 1.40 bits per heavy atom. The SMILES string of the molecule is CNCC(=Cc1sc(N(C)C)nc1Cl)C1CCCCC1. The number of nitrogens with zero attached hydrogens (tertiary/aromatic N) is 2. The predicted octanol–water partition coefficient (Wildman–Crippen LogP) is 4.05. The van der Waals surface area contributed by atoms with Crippen molar-refractivity contribution in [2.45, 2.75) is 32.1 Å². The van der Waals surface area contributed by atoms with Crippen LogP contribution in [0.1, 0.15) is 37.0 Å². The maximum Gasteiger partial charge on any atom is 0.186 e. The summed E-state index contributed by atoms with van der Waals surface area (Å²) in [6.07, 6.45) is 8.97. The van der Waals surface area contributed by atoms with Crippen molar-refractivity contribution in [3.05, 3.63) is 15.6 Å². The van der Waals surface area contributed by atoms with Crippen molar-refractivity contribution in [3.8, 4) is 0 Å². The summed E-state index contributed by atoms with van der Waals surface area (Å²) in [5.41, 5.74) is 1.48. The van der Waals surface area contributed by atoms with Crippen molar-refractivity contribution in [2.75, 3.05) is 32.6 Å². The summed E-state index contributed by atoms with van der Waals surface area (Å²) in [6, 6.07) is 0. The van der Waals surface area contributed by atoms with E-state index in [1.54, 1.807) is 11.3 Å². The Bertz CT molecular complexity index is 462. The van der Waals surface area contributed by atoms with Crippen LogP contribution in [0.2, 0.25) is 5.15 Å². The maximum atomic E-state index is 6.28. The second-order valence-corrected chi connectivity index (χ2v) is 7.00. The zero-order valence-corrected chi connectivity index (χ0v) is 14.2. The van der Waals surface area contributed by atoms with Crippen molar-refractivity contribution >= 4 is 34.1 Å². The minimum absolute atomic E-state index is 0.628. The molecule has 0 aromatic carbocycles. The van der Waals surface area contributed by atoms with Crippen LogP contribution < -0.4 is 10.2 Å². The molecule has 1 heterocycles. The molecule has 1 aromatic heterocycles. The van der Waals surface area contributed by atoms with E-state index in [2.05, 4.69) is 16.4 Å². The van der Waals surface area contributed by atoms with Gasteiger partial charge in [0, 0.05) is 20.6 Å². The number of thiazole rings is 1. The molecule has 1 fully saturated rings. The number of rotatable bonds is 5. The molecule has 2 rings (SSSR count). The first-order chi connectivity index (χ1) is 9.61. The Balaban J connectivity index is 2.23. The van der Waals surface area contributed by atoms with Crippen molar-refractivity contribution in [1.82, 2.24) is 10.3 Å². The number of hydrogen-bond acceptors (Lipinski definition) is 4. The number of hydrogen-bond donors (Lipinski definition) is 1. The van der Waals surface area contributed by atoms with Gasteiger partial charge in [0.1, 0.15) is 5.15 Å². The van der Waals surface area contributed by atoms with Gasteiger partial charge in [0.2, 0.25) is 0 Å². The lowest BCUT2D eigenvalue weighted by Crippen LogP contribution is -2.19. The maximum absolute atomic E-state index is 6.28. The average molecular weight is 314 g/mol. The zero-order valence-electron chi connectivity index (χ0n) is 12.6. The van der Waals surface area contributed by atoms with Gasteiger partial charge >= 0.3 is 0 Å². The normalized spacial score (nSPS) is 17.5. The monoisotopic (exact) mass is 313 g/mol. The van der Waals surface area contributed by atoms with E-state index in [-0.39, 0.29) is 0 Å². The van der Waals surface area contributed by atoms with Gasteiger partial charge in [-0.2, -0.15) is 0 Å². The molecule has 1 saturated carbocycles. The van der Waals surface area contributed by atoms with Crippen LogP contribution >= 0.6 is 22.9 Å². The van der Waals surface area contributed by atoms with Crippen molar-refractivity contribution < 1.29 is 0 Å². The molecular formula is C15H24ClN3S. The quantitative estimate of drug-likeness (QED) is 0.889. The van der Waals surface area contributed by atoms with Gasteiger partial charge < -0.3 is 10.2 Å². The lowest BCUT2D eigenvalue weighted by Gasteiger charge is -2.24. The minimum atomic E-state index is 0.628. The summed E-state index contributed by atoms with van der Waals surface area (Å²) in [5.74, 6) is 0.706. The van der Waals surface area contributed by atoms with Crippen molar-refractivity contribution in [1.29, 1.82) is 0 Å². The molecule has 1 aliphatic carbocycles. The van der Waals surface area contributed by atoms with E-state index in [1.807, 2.05) is 26.0 Å². The molecule has 0 unspecified atom stereocenters. The van der Waals surface area contributed by atoms with Crippen LogP contribution in [0, 0.1) is 5.92 Å². The van der Waals surface area contributed by atoms with Gasteiger partial charge in [0.05, 0.1) is 4.88 Å². The van der Waals surface area contributed by atoms with Gasteiger partial charge in [-0.1, -0.05) is 47.8 Å². The summed E-state index contributed by atoms with van der Waals surface area (Å²) >= 11 is 7.94. The molecule has 0 amide bonds. The second-order valence-electron chi connectivity index (χ2n) is 5.63. The van der Waals surface area contributed by atoms with Crippen molar-refractivity contribution in [3.63, 3.8) is 0 Å². The first kappa shape index (κ1) is 15.8. The molecule has 0 radical (unpaired) electrons. The van der Waals surface area contributed by atoms with Crippen LogP contribution in [0.3, 0.4) is 0 Å². The highest BCUT2D eigenvalue weighted by molar-refractivity contribution is 7.17. The van der Waals surface area contributed by atoms with E-state index >= 15 is 0 Å². The third-order valence-electron chi connectivity index (χ3n) is 3.81. The first-order valence-electron chi connectivity index (χ1n) is 7.30. The van der Waals surface area contributed by atoms with E-state index in [9.17, 15) is 0 Å². The van der Waals surface area contributed by atoms with E-state index in [4.69, 9.17) is 11.6 Å². The van der Waals surface area contributed by atoms with Crippen LogP contribution in [0.5, 0.6) is 0 Å². The van der Waals surface area contributed by atoms with Crippen molar-refractivity contribution in [2.24, 2.45) is 5.92 Å². The number of aromatic nitrogens is 1. The van der Waals surface area contributed by atoms with Crippen LogP contribution in [0.4, 0.5) is 5.13 Å². The lowest BCUT2D eigenvalue weighted by atomic mass is 9.83. The molecule has 1 aromatic rings. The molecule has 5 heteroatoms. The largest absolute Gasteiger partial charge is 0.354 e. The molecule has 3 nitrogen and oxygen atoms in total. The van der Waals surface area contributed by atoms with E-state index in [0.717, 1.165) is 16.6 Å². The minimum Gasteiger partial charge on any atom is -0.354 e. The molecular weight excluding hydrogens is 290 g/mol. The van der Waals surface area contributed by atoms with E-state index in [0.29, 0.717) is 11.1 Å². The van der Waals surface area contributed by atoms with Crippen LogP contribution in [-0.2, 0) is 0 Å². The molecule has 1 aliphatic rings. The van der Waals surface area contributed by atoms with Gasteiger partial charge in [-0.25, -0.2) is 4.98 Å². The molecule has 0 atom stereocenters. The highest BCUT2D eigenvalue weighted by atomic mass is 35.5. The van der Waals surface area contributed by atoms with Gasteiger partial charge in [-0.05, 0) is 31.9 Å². The molecule has 0 saturated heterocycles. The van der Waals surface area contributed by atoms with Gasteiger partial charge in [-0.3, -0.25) is 0 Å². The summed E-state index contributed by atoms with van der Waals surface area (Å²) in [7, 11) is 6.01. The Morgan fingerprint density at radius 3 is 2.65 bits per heavy atom. The third-order valence-corrected chi connectivity index (χ3v) is 5.38. The highest BCUT2D eigenvalue weighted by Crippen LogP contribution is 2.34. The molecule has 1 N–H and O–H groups in total. The molecule has 0 aliphatic heterocycles. The predicted molar refractivity (Wildman–Crippen MR) is 89.9 cm³/mol. The Labute approximate surface area is 131 Å². The summed E-state index contributed by atoms with van der Waals surface area (Å²) in [4.78, 5) is 7.51. The summed E-state index contributed by atoms with van der Waals surface area (Å²) in [6.45, 7) is 0.941. The fraction of sp³-hybridized carbons (Fsp3) is 0.667. The van der Waals surface area contributed by atoms with Gasteiger partial charge in [-0.15, -0.1) is 0 Å². The van der Waals surface area contributed by atoms with Crippen LogP contribution in [0.15, 0.2) is 5.57 Å². The number of halogens is 1. The van der Waals surface area contributed by atoms with Gasteiger partial charge in [0.25, 0.3) is 0 Å². The smallest absolute Gasteiger partial charge is 0.186 e. The summed E-state index contributed by atoms with van der Waals surface area (Å²) < 4.78 is 0. The topological polar surface area (TPSA) is 28.2 Å². The fourth-order valence-corrected chi connectivity index (χ4v) is 3.90. The Morgan fingerprint density at radius 2 is 2.10 bits per heavy atom. The van der Waals surface area contributed by atoms with Crippen LogP contribution in [-0.4, -0.2) is 32.7 Å². The number of anilines is 1. The molecule has 20 heavy (non-hydrogen) atoms. The number of likely N-dealkylation sites (N-methyl/N-ethyl adjacent to an activating group) is 1. The fourth-order valence-electron chi connectivity index (χ4n) is 2.74. The molecule has 112 valence electrons. The second kappa shape index (κ2) is 7.43. The molecule has 0 bridgehead atoms. The zero-order chi connectivity index (χ0) is 14.5. The standard InChI is InChI=1S/C15H24ClN3S/c1-17-10-12(11-7-5-4-6-8-11)9-13-14(16)18-15(20-13)19(2)3/h9,11,17H,4-8,10H2,1-3H3. The van der Waals surface area contributed by atoms with Crippen LogP contribution in [0.25, 0.3) is 6.08 Å². The highest BCUT2D eigenvalue weighted by Gasteiger charge is 2.18. The Kier molecular flexibility index (Phi) is 5.87. The number of nitrogens with one attached hydrogen (secondary N) is 1. The lowest BCUT2D eigenvalue weighted by molar-refractivity contribution is 0.398. The average Bonchev–Trinajstić information content (AvgIpc) is 2.81. The van der Waals surface area contributed by atoms with E-state index in [1.165, 1.54) is 37.7 Å². The first-order valence-corrected chi connectivity index (χ1v) is 8.50. The van der Waals surface area contributed by atoms with E-state index < -0.39 is 0 Å². The Hall–Kier alpha value is -0.580. The molecule has 0 spiro atoms. The third kappa shape index (κ3) is 3.96.